The number of amides is 1. The zero-order valence-electron chi connectivity index (χ0n) is 11.0. The number of hydrogen-bond acceptors (Lipinski definition) is 5. The van der Waals surface area contributed by atoms with Gasteiger partial charge in [0.05, 0.1) is 7.11 Å². The van der Waals surface area contributed by atoms with Crippen molar-refractivity contribution < 1.29 is 14.3 Å². The third-order valence-electron chi connectivity index (χ3n) is 3.48. The lowest BCUT2D eigenvalue weighted by atomic mass is 9.88. The second kappa shape index (κ2) is 6.16. The van der Waals surface area contributed by atoms with E-state index in [2.05, 4.69) is 10.6 Å². The summed E-state index contributed by atoms with van der Waals surface area (Å²) < 4.78 is 4.76. The number of ether oxygens (including phenoxy) is 1. The molecule has 5 nitrogen and oxygen atoms in total. The highest BCUT2D eigenvalue weighted by Gasteiger charge is 2.32. The maximum atomic E-state index is 12.2. The Kier molecular flexibility index (Phi) is 4.55. The van der Waals surface area contributed by atoms with Crippen molar-refractivity contribution in [3.63, 3.8) is 0 Å². The molecule has 1 saturated heterocycles. The Hall–Kier alpha value is -1.40. The topological polar surface area (TPSA) is 67.4 Å². The van der Waals surface area contributed by atoms with Crippen LogP contribution < -0.4 is 10.6 Å². The first kappa shape index (κ1) is 14.0. The Bertz CT molecular complexity index is 443. The Morgan fingerprint density at radius 2 is 2.26 bits per heavy atom. The maximum absolute atomic E-state index is 12.2. The van der Waals surface area contributed by atoms with Crippen LogP contribution in [0.2, 0.25) is 0 Å². The maximum Gasteiger partial charge on any atom is 0.333 e. The van der Waals surface area contributed by atoms with Gasteiger partial charge in [0, 0.05) is 10.8 Å². The van der Waals surface area contributed by atoms with Crippen LogP contribution in [0.5, 0.6) is 0 Å². The van der Waals surface area contributed by atoms with Crippen molar-refractivity contribution in [2.24, 2.45) is 11.8 Å². The van der Waals surface area contributed by atoms with Crippen LogP contribution >= 0.6 is 11.3 Å². The highest BCUT2D eigenvalue weighted by molar-refractivity contribution is 7.10. The van der Waals surface area contributed by atoms with Crippen LogP contribution in [0.25, 0.3) is 0 Å². The van der Waals surface area contributed by atoms with Crippen molar-refractivity contribution in [3.8, 4) is 0 Å². The van der Waals surface area contributed by atoms with E-state index in [-0.39, 0.29) is 11.8 Å². The number of rotatable bonds is 5. The van der Waals surface area contributed by atoms with Gasteiger partial charge in [-0.3, -0.25) is 4.79 Å². The Balaban J connectivity index is 2.03. The van der Waals surface area contributed by atoms with Gasteiger partial charge in [0.25, 0.3) is 0 Å². The number of methoxy groups -OCH3 is 1. The number of thiophene rings is 1. The van der Waals surface area contributed by atoms with Crippen LogP contribution in [0.15, 0.2) is 17.5 Å². The highest BCUT2D eigenvalue weighted by atomic mass is 32.1. The van der Waals surface area contributed by atoms with E-state index in [1.807, 2.05) is 24.4 Å². The summed E-state index contributed by atoms with van der Waals surface area (Å²) in [5.74, 6) is -0.292. The Morgan fingerprint density at radius 3 is 2.74 bits per heavy atom. The van der Waals surface area contributed by atoms with Crippen molar-refractivity contribution in [3.05, 3.63) is 22.4 Å². The largest absolute Gasteiger partial charge is 0.467 e. The predicted molar refractivity (Wildman–Crippen MR) is 72.7 cm³/mol. The van der Waals surface area contributed by atoms with Crippen LogP contribution in [0.3, 0.4) is 0 Å². The average molecular weight is 282 g/mol. The number of carbonyl (C=O) groups is 2. The fourth-order valence-corrected chi connectivity index (χ4v) is 2.73. The second-order valence-corrected chi connectivity index (χ2v) is 5.67. The molecular weight excluding hydrogens is 264 g/mol. The molecule has 2 rings (SSSR count). The number of esters is 1. The van der Waals surface area contributed by atoms with Crippen LogP contribution in [-0.2, 0) is 14.3 Å². The molecule has 0 bridgehead atoms. The lowest BCUT2D eigenvalue weighted by Gasteiger charge is -2.32. The second-order valence-electron chi connectivity index (χ2n) is 4.69. The molecule has 1 aromatic heterocycles. The molecule has 1 fully saturated rings. The summed E-state index contributed by atoms with van der Waals surface area (Å²) in [4.78, 5) is 24.7. The molecule has 19 heavy (non-hydrogen) atoms. The van der Waals surface area contributed by atoms with Gasteiger partial charge in [0.2, 0.25) is 5.91 Å². The summed E-state index contributed by atoms with van der Waals surface area (Å²) >= 11 is 1.43. The summed E-state index contributed by atoms with van der Waals surface area (Å²) in [5.41, 5.74) is 0. The van der Waals surface area contributed by atoms with Crippen LogP contribution in [0.1, 0.15) is 17.8 Å². The molecule has 2 unspecified atom stereocenters. The van der Waals surface area contributed by atoms with Crippen molar-refractivity contribution in [1.82, 2.24) is 10.6 Å². The minimum absolute atomic E-state index is 0.102. The number of hydrogen-bond donors (Lipinski definition) is 2. The first-order valence-corrected chi connectivity index (χ1v) is 7.13. The molecule has 2 atom stereocenters. The third kappa shape index (κ3) is 3.13. The SMILES string of the molecule is COC(=O)C(NC(=O)C(C)C1CNC1)c1cccs1. The molecule has 0 radical (unpaired) electrons. The van der Waals surface area contributed by atoms with Gasteiger partial charge < -0.3 is 15.4 Å². The third-order valence-corrected chi connectivity index (χ3v) is 4.42. The van der Waals surface area contributed by atoms with Gasteiger partial charge in [-0.05, 0) is 30.5 Å². The average Bonchev–Trinajstić information content (AvgIpc) is 2.86. The number of nitrogens with one attached hydrogen (secondary N) is 2. The summed E-state index contributed by atoms with van der Waals surface area (Å²) in [6.45, 7) is 3.61. The summed E-state index contributed by atoms with van der Waals surface area (Å²) in [7, 11) is 1.33. The molecule has 1 aromatic rings. The van der Waals surface area contributed by atoms with E-state index in [1.165, 1.54) is 18.4 Å². The molecule has 0 saturated carbocycles. The summed E-state index contributed by atoms with van der Waals surface area (Å²) in [6.07, 6.45) is 0. The van der Waals surface area contributed by atoms with Crippen LogP contribution in [-0.4, -0.2) is 32.1 Å². The lowest BCUT2D eigenvalue weighted by Crippen LogP contribution is -2.50. The molecule has 6 heteroatoms. The lowest BCUT2D eigenvalue weighted by molar-refractivity contribution is -0.146. The van der Waals surface area contributed by atoms with Gasteiger partial charge in [-0.15, -0.1) is 11.3 Å². The van der Waals surface area contributed by atoms with E-state index in [0.29, 0.717) is 5.92 Å². The molecule has 1 aliphatic rings. The molecule has 1 amide bonds. The molecular formula is C13H18N2O3S. The van der Waals surface area contributed by atoms with E-state index in [1.54, 1.807) is 0 Å². The fraction of sp³-hybridized carbons (Fsp3) is 0.538. The smallest absolute Gasteiger partial charge is 0.333 e. The van der Waals surface area contributed by atoms with Crippen LogP contribution in [0, 0.1) is 11.8 Å². The predicted octanol–water partition coefficient (Wildman–Crippen LogP) is 0.934. The van der Waals surface area contributed by atoms with Gasteiger partial charge in [0.1, 0.15) is 0 Å². The van der Waals surface area contributed by atoms with Gasteiger partial charge in [-0.2, -0.15) is 0 Å². The van der Waals surface area contributed by atoms with Crippen molar-refractivity contribution in [2.45, 2.75) is 13.0 Å². The molecule has 0 aliphatic carbocycles. The summed E-state index contributed by atoms with van der Waals surface area (Å²) in [5, 5.41) is 7.80. The van der Waals surface area contributed by atoms with E-state index in [9.17, 15) is 9.59 Å². The fourth-order valence-electron chi connectivity index (χ4n) is 1.97. The van der Waals surface area contributed by atoms with Gasteiger partial charge in [-0.25, -0.2) is 4.79 Å². The van der Waals surface area contributed by atoms with Crippen molar-refractivity contribution in [1.29, 1.82) is 0 Å². The molecule has 104 valence electrons. The molecule has 2 N–H and O–H groups in total. The molecule has 0 spiro atoms. The van der Waals surface area contributed by atoms with E-state index in [0.717, 1.165) is 18.0 Å². The Labute approximate surface area is 116 Å². The zero-order valence-corrected chi connectivity index (χ0v) is 11.8. The standard InChI is InChI=1S/C13H18N2O3S/c1-8(9-6-14-7-9)12(16)15-11(13(17)18-2)10-4-3-5-19-10/h3-5,8-9,11,14H,6-7H2,1-2H3,(H,15,16). The van der Waals surface area contributed by atoms with Gasteiger partial charge in [0.15, 0.2) is 6.04 Å². The van der Waals surface area contributed by atoms with Gasteiger partial charge >= 0.3 is 5.97 Å². The first-order chi connectivity index (χ1) is 9.13. The van der Waals surface area contributed by atoms with E-state index >= 15 is 0 Å². The van der Waals surface area contributed by atoms with Crippen LogP contribution in [0.4, 0.5) is 0 Å². The minimum atomic E-state index is -0.701. The minimum Gasteiger partial charge on any atom is -0.467 e. The number of carbonyl (C=O) groups excluding carboxylic acids is 2. The molecule has 0 aromatic carbocycles. The van der Waals surface area contributed by atoms with Crippen molar-refractivity contribution >= 4 is 23.2 Å². The highest BCUT2D eigenvalue weighted by Crippen LogP contribution is 2.22. The normalized spacial score (nSPS) is 18.2. The van der Waals surface area contributed by atoms with E-state index < -0.39 is 12.0 Å². The Morgan fingerprint density at radius 1 is 1.53 bits per heavy atom. The quantitative estimate of drug-likeness (QED) is 0.789. The van der Waals surface area contributed by atoms with Gasteiger partial charge in [-0.1, -0.05) is 13.0 Å². The van der Waals surface area contributed by atoms with E-state index in [4.69, 9.17) is 4.74 Å². The molecule has 2 heterocycles. The first-order valence-electron chi connectivity index (χ1n) is 6.25. The molecule has 1 aliphatic heterocycles. The summed E-state index contributed by atoms with van der Waals surface area (Å²) in [6, 6.07) is 2.97. The van der Waals surface area contributed by atoms with Crippen molar-refractivity contribution in [2.75, 3.05) is 20.2 Å². The zero-order chi connectivity index (χ0) is 13.8. The monoisotopic (exact) mass is 282 g/mol.